The van der Waals surface area contributed by atoms with Gasteiger partial charge in [-0.2, -0.15) is 0 Å². The van der Waals surface area contributed by atoms with E-state index in [0.717, 1.165) is 24.5 Å². The number of hydrogen-bond donors (Lipinski definition) is 1. The van der Waals surface area contributed by atoms with E-state index >= 15 is 0 Å². The van der Waals surface area contributed by atoms with E-state index in [1.807, 2.05) is 12.4 Å². The molecule has 0 radical (unpaired) electrons. The molecular weight excluding hydrogens is 162 g/mol. The number of rotatable bonds is 2. The molecule has 2 aliphatic rings. The molecule has 0 amide bonds. The Morgan fingerprint density at radius 1 is 1.31 bits per heavy atom. The average molecular weight is 177 g/mol. The Hall–Kier alpha value is -0.830. The summed E-state index contributed by atoms with van der Waals surface area (Å²) >= 11 is 0. The van der Waals surface area contributed by atoms with Crippen molar-refractivity contribution in [3.63, 3.8) is 0 Å². The van der Waals surface area contributed by atoms with Crippen molar-refractivity contribution < 1.29 is 0 Å². The average Bonchev–Trinajstić information content (AvgIpc) is 2.85. The predicted molar refractivity (Wildman–Crippen MR) is 50.2 cm³/mol. The summed E-state index contributed by atoms with van der Waals surface area (Å²) < 4.78 is 0. The van der Waals surface area contributed by atoms with Gasteiger partial charge in [0.25, 0.3) is 0 Å². The monoisotopic (exact) mass is 177 g/mol. The van der Waals surface area contributed by atoms with E-state index in [4.69, 9.17) is 0 Å². The highest BCUT2D eigenvalue weighted by Gasteiger charge is 2.39. The fraction of sp³-hybridized carbons (Fsp3) is 0.700. The maximum Gasteiger partial charge on any atom is 0.120 e. The molecule has 0 atom stereocenters. The zero-order valence-corrected chi connectivity index (χ0v) is 7.74. The van der Waals surface area contributed by atoms with Crippen molar-refractivity contribution in [2.75, 3.05) is 0 Å². The number of aromatic amines is 1. The van der Waals surface area contributed by atoms with Gasteiger partial charge in [0.1, 0.15) is 5.82 Å². The largest absolute Gasteiger partial charge is 0.348 e. The van der Waals surface area contributed by atoms with Crippen LogP contribution in [0.2, 0.25) is 0 Å². The minimum Gasteiger partial charge on any atom is -0.348 e. The smallest absolute Gasteiger partial charge is 0.120 e. The van der Waals surface area contributed by atoms with Crippen LogP contribution in [0.4, 0.5) is 0 Å². The molecule has 3 heteroatoms. The van der Waals surface area contributed by atoms with Crippen LogP contribution < -0.4 is 0 Å². The van der Waals surface area contributed by atoms with Gasteiger partial charge in [-0.25, -0.2) is 4.98 Å². The van der Waals surface area contributed by atoms with E-state index in [9.17, 15) is 0 Å². The molecule has 0 unspecified atom stereocenters. The zero-order valence-electron chi connectivity index (χ0n) is 7.74. The molecule has 0 spiro atoms. The number of hydrogen-bond acceptors (Lipinski definition) is 2. The summed E-state index contributed by atoms with van der Waals surface area (Å²) in [6, 6.07) is 1.71. The molecule has 0 saturated carbocycles. The number of aromatic nitrogens is 2. The molecule has 0 aromatic carbocycles. The molecule has 13 heavy (non-hydrogen) atoms. The van der Waals surface area contributed by atoms with Crippen LogP contribution in [0.3, 0.4) is 0 Å². The van der Waals surface area contributed by atoms with Crippen LogP contribution in [0.5, 0.6) is 0 Å². The van der Waals surface area contributed by atoms with Crippen molar-refractivity contribution in [1.29, 1.82) is 0 Å². The minimum atomic E-state index is 0.857. The summed E-state index contributed by atoms with van der Waals surface area (Å²) in [6.45, 7) is 1.03. The van der Waals surface area contributed by atoms with Crippen molar-refractivity contribution >= 4 is 0 Å². The molecule has 2 bridgehead atoms. The Labute approximate surface area is 78.2 Å². The van der Waals surface area contributed by atoms with Gasteiger partial charge in [0, 0.05) is 24.5 Å². The Balaban J connectivity index is 1.73. The standard InChI is InChI=1S/C10H15N3/c1-2-9-4-3-8(1)13(9)7-10-11-5-6-12-10/h5-6,8-9H,1-4,7H2,(H,11,12). The van der Waals surface area contributed by atoms with Crippen molar-refractivity contribution in [2.45, 2.75) is 44.3 Å². The lowest BCUT2D eigenvalue weighted by molar-refractivity contribution is 0.238. The summed E-state index contributed by atoms with van der Waals surface area (Å²) in [4.78, 5) is 10.1. The van der Waals surface area contributed by atoms with E-state index in [2.05, 4.69) is 14.9 Å². The second-order valence-corrected chi connectivity index (χ2v) is 4.17. The highest BCUT2D eigenvalue weighted by Crippen LogP contribution is 2.37. The van der Waals surface area contributed by atoms with Gasteiger partial charge in [0.2, 0.25) is 0 Å². The first-order chi connectivity index (χ1) is 6.43. The van der Waals surface area contributed by atoms with E-state index in [0.29, 0.717) is 0 Å². The molecule has 1 N–H and O–H groups in total. The lowest BCUT2D eigenvalue weighted by Crippen LogP contribution is -2.28. The third-order valence-corrected chi connectivity index (χ3v) is 3.49. The first kappa shape index (κ1) is 7.56. The molecule has 2 saturated heterocycles. The number of H-pyrrole nitrogens is 1. The number of nitrogens with zero attached hydrogens (tertiary/aromatic N) is 2. The summed E-state index contributed by atoms with van der Waals surface area (Å²) in [6.07, 6.45) is 9.38. The summed E-state index contributed by atoms with van der Waals surface area (Å²) in [7, 11) is 0. The first-order valence-corrected chi connectivity index (χ1v) is 5.17. The van der Waals surface area contributed by atoms with Crippen LogP contribution in [0.1, 0.15) is 31.5 Å². The Kier molecular flexibility index (Phi) is 1.65. The molecule has 3 heterocycles. The third kappa shape index (κ3) is 1.18. The van der Waals surface area contributed by atoms with Crippen LogP contribution >= 0.6 is 0 Å². The normalized spacial score (nSPS) is 32.9. The van der Waals surface area contributed by atoms with Gasteiger partial charge in [0.15, 0.2) is 0 Å². The molecule has 0 aliphatic carbocycles. The summed E-state index contributed by atoms with van der Waals surface area (Å²) in [5.74, 6) is 1.12. The quantitative estimate of drug-likeness (QED) is 0.743. The Morgan fingerprint density at radius 2 is 2.00 bits per heavy atom. The lowest BCUT2D eigenvalue weighted by Gasteiger charge is -2.19. The highest BCUT2D eigenvalue weighted by molar-refractivity contribution is 4.98. The van der Waals surface area contributed by atoms with E-state index in [1.165, 1.54) is 25.7 Å². The van der Waals surface area contributed by atoms with Gasteiger partial charge in [-0.15, -0.1) is 0 Å². The van der Waals surface area contributed by atoms with Gasteiger partial charge in [-0.3, -0.25) is 4.90 Å². The minimum absolute atomic E-state index is 0.857. The maximum atomic E-state index is 4.28. The predicted octanol–water partition coefficient (Wildman–Crippen LogP) is 1.54. The maximum absolute atomic E-state index is 4.28. The molecule has 3 nitrogen and oxygen atoms in total. The second kappa shape index (κ2) is 2.84. The van der Waals surface area contributed by atoms with Crippen LogP contribution in [0.15, 0.2) is 12.4 Å². The molecule has 3 rings (SSSR count). The van der Waals surface area contributed by atoms with Gasteiger partial charge in [0.05, 0.1) is 6.54 Å². The van der Waals surface area contributed by atoms with Crippen molar-refractivity contribution in [3.8, 4) is 0 Å². The van der Waals surface area contributed by atoms with Crippen molar-refractivity contribution in [2.24, 2.45) is 0 Å². The first-order valence-electron chi connectivity index (χ1n) is 5.17. The van der Waals surface area contributed by atoms with Gasteiger partial charge in [-0.05, 0) is 25.7 Å². The van der Waals surface area contributed by atoms with Gasteiger partial charge >= 0.3 is 0 Å². The number of nitrogens with one attached hydrogen (secondary N) is 1. The SMILES string of the molecule is c1c[nH]c(CN2C3CCC2CC3)n1. The van der Waals surface area contributed by atoms with Crippen LogP contribution in [-0.4, -0.2) is 27.0 Å². The topological polar surface area (TPSA) is 31.9 Å². The molecule has 2 aliphatic heterocycles. The van der Waals surface area contributed by atoms with Gasteiger partial charge in [-0.1, -0.05) is 0 Å². The number of fused-ring (bicyclic) bond motifs is 2. The third-order valence-electron chi connectivity index (χ3n) is 3.49. The van der Waals surface area contributed by atoms with E-state index in [-0.39, 0.29) is 0 Å². The number of imidazole rings is 1. The van der Waals surface area contributed by atoms with Crippen molar-refractivity contribution in [3.05, 3.63) is 18.2 Å². The highest BCUT2D eigenvalue weighted by atomic mass is 15.2. The lowest BCUT2D eigenvalue weighted by atomic mass is 10.0. The molecule has 2 fully saturated rings. The summed E-state index contributed by atoms with van der Waals surface area (Å²) in [5.41, 5.74) is 0. The Morgan fingerprint density at radius 3 is 2.54 bits per heavy atom. The van der Waals surface area contributed by atoms with Crippen LogP contribution in [0, 0.1) is 0 Å². The molecule has 1 aromatic heterocycles. The molecule has 1 aromatic rings. The fourth-order valence-electron chi connectivity index (χ4n) is 2.84. The second-order valence-electron chi connectivity index (χ2n) is 4.17. The zero-order chi connectivity index (χ0) is 8.67. The fourth-order valence-corrected chi connectivity index (χ4v) is 2.84. The summed E-state index contributed by atoms with van der Waals surface area (Å²) in [5, 5.41) is 0. The van der Waals surface area contributed by atoms with E-state index < -0.39 is 0 Å². The Bertz CT molecular complexity index is 260. The van der Waals surface area contributed by atoms with E-state index in [1.54, 1.807) is 0 Å². The molecular formula is C10H15N3. The van der Waals surface area contributed by atoms with Crippen molar-refractivity contribution in [1.82, 2.24) is 14.9 Å². The van der Waals surface area contributed by atoms with Crippen LogP contribution in [0.25, 0.3) is 0 Å². The molecule has 70 valence electrons. The van der Waals surface area contributed by atoms with Crippen LogP contribution in [-0.2, 0) is 6.54 Å². The van der Waals surface area contributed by atoms with Gasteiger partial charge < -0.3 is 4.98 Å².